The van der Waals surface area contributed by atoms with Gasteiger partial charge in [0.2, 0.25) is 0 Å². The fourth-order valence-electron chi connectivity index (χ4n) is 2.54. The van der Waals surface area contributed by atoms with E-state index in [9.17, 15) is 4.79 Å². The molecular formula is C19H19N5O2. The highest BCUT2D eigenvalue weighted by molar-refractivity contribution is 6.08. The average molecular weight is 349 g/mol. The number of amidine groups is 1. The standard InChI is InChI=1S/C19H19N5O2/c1-13-12-18(24(22-13)15-8-4-3-5-9-15)21-17-11-7-6-10-16(17)19(25)20-14(2)23-26/h3-12,21,26H,1-2H3,(H,20,23,25). The lowest BCUT2D eigenvalue weighted by Gasteiger charge is -2.13. The number of nitrogens with one attached hydrogen (secondary N) is 2. The van der Waals surface area contributed by atoms with Crippen LogP contribution in [0, 0.1) is 6.92 Å². The van der Waals surface area contributed by atoms with E-state index in [-0.39, 0.29) is 11.7 Å². The molecule has 3 N–H and O–H groups in total. The van der Waals surface area contributed by atoms with Gasteiger partial charge in [-0.05, 0) is 38.1 Å². The number of rotatable bonds is 4. The van der Waals surface area contributed by atoms with Crippen LogP contribution < -0.4 is 10.6 Å². The third-order valence-corrected chi connectivity index (χ3v) is 3.71. The van der Waals surface area contributed by atoms with E-state index in [0.717, 1.165) is 17.2 Å². The second-order valence-corrected chi connectivity index (χ2v) is 5.73. The van der Waals surface area contributed by atoms with E-state index in [2.05, 4.69) is 20.9 Å². The quantitative estimate of drug-likeness (QED) is 0.291. The number of aryl methyl sites for hydroxylation is 1. The number of benzene rings is 2. The maximum Gasteiger partial charge on any atom is 0.258 e. The molecule has 7 nitrogen and oxygen atoms in total. The van der Waals surface area contributed by atoms with Gasteiger partial charge in [0, 0.05) is 6.07 Å². The third-order valence-electron chi connectivity index (χ3n) is 3.71. The monoisotopic (exact) mass is 349 g/mol. The predicted octanol–water partition coefficient (Wildman–Crippen LogP) is 3.46. The zero-order valence-electron chi connectivity index (χ0n) is 14.5. The molecule has 0 bridgehead atoms. The number of para-hydroxylation sites is 2. The largest absolute Gasteiger partial charge is 0.409 e. The van der Waals surface area contributed by atoms with Crippen LogP contribution in [0.15, 0.2) is 65.8 Å². The van der Waals surface area contributed by atoms with Gasteiger partial charge in [0.1, 0.15) is 11.7 Å². The van der Waals surface area contributed by atoms with Crippen molar-refractivity contribution in [3.63, 3.8) is 0 Å². The molecule has 0 saturated carbocycles. The van der Waals surface area contributed by atoms with E-state index >= 15 is 0 Å². The van der Waals surface area contributed by atoms with E-state index < -0.39 is 0 Å². The Bertz CT molecular complexity index is 948. The van der Waals surface area contributed by atoms with Crippen molar-refractivity contribution < 1.29 is 10.0 Å². The molecule has 3 aromatic rings. The van der Waals surface area contributed by atoms with Crippen molar-refractivity contribution in [1.82, 2.24) is 15.1 Å². The summed E-state index contributed by atoms with van der Waals surface area (Å²) < 4.78 is 1.78. The van der Waals surface area contributed by atoms with Gasteiger partial charge < -0.3 is 15.8 Å². The number of aromatic nitrogens is 2. The normalized spacial score (nSPS) is 11.2. The van der Waals surface area contributed by atoms with Crippen LogP contribution in [0.4, 0.5) is 11.5 Å². The van der Waals surface area contributed by atoms with Crippen LogP contribution in [0.3, 0.4) is 0 Å². The van der Waals surface area contributed by atoms with Crippen LogP contribution in [0.2, 0.25) is 0 Å². The summed E-state index contributed by atoms with van der Waals surface area (Å²) in [5.41, 5.74) is 2.80. The van der Waals surface area contributed by atoms with Crippen LogP contribution in [0.25, 0.3) is 5.69 Å². The highest BCUT2D eigenvalue weighted by Gasteiger charge is 2.14. The number of carbonyl (C=O) groups excluding carboxylic acids is 1. The first-order chi connectivity index (χ1) is 12.6. The first-order valence-electron chi connectivity index (χ1n) is 8.06. The van der Waals surface area contributed by atoms with Gasteiger partial charge in [0.25, 0.3) is 5.91 Å². The molecule has 0 aliphatic rings. The summed E-state index contributed by atoms with van der Waals surface area (Å²) in [6.45, 7) is 3.41. The summed E-state index contributed by atoms with van der Waals surface area (Å²) in [5, 5.41) is 22.0. The first kappa shape index (κ1) is 17.2. The van der Waals surface area contributed by atoms with Gasteiger partial charge in [0.05, 0.1) is 22.6 Å². The Morgan fingerprint density at radius 2 is 1.81 bits per heavy atom. The molecule has 0 radical (unpaired) electrons. The van der Waals surface area contributed by atoms with Gasteiger partial charge in [-0.25, -0.2) is 4.68 Å². The second kappa shape index (κ2) is 7.52. The fourth-order valence-corrected chi connectivity index (χ4v) is 2.54. The Morgan fingerprint density at radius 1 is 1.12 bits per heavy atom. The van der Waals surface area contributed by atoms with Gasteiger partial charge >= 0.3 is 0 Å². The van der Waals surface area contributed by atoms with Crippen molar-refractivity contribution in [2.45, 2.75) is 13.8 Å². The molecule has 1 aromatic heterocycles. The van der Waals surface area contributed by atoms with Gasteiger partial charge in [-0.1, -0.05) is 35.5 Å². The smallest absolute Gasteiger partial charge is 0.258 e. The molecule has 2 aromatic carbocycles. The summed E-state index contributed by atoms with van der Waals surface area (Å²) in [7, 11) is 0. The molecule has 1 heterocycles. The van der Waals surface area contributed by atoms with Crippen molar-refractivity contribution >= 4 is 23.2 Å². The zero-order valence-corrected chi connectivity index (χ0v) is 14.5. The summed E-state index contributed by atoms with van der Waals surface area (Å²) in [6.07, 6.45) is 0. The number of amides is 1. The summed E-state index contributed by atoms with van der Waals surface area (Å²) in [5.74, 6) is 0.488. The molecule has 0 unspecified atom stereocenters. The molecule has 1 amide bonds. The molecule has 7 heteroatoms. The molecule has 0 fully saturated rings. The van der Waals surface area contributed by atoms with Gasteiger partial charge in [-0.15, -0.1) is 0 Å². The molecule has 132 valence electrons. The van der Waals surface area contributed by atoms with E-state index in [1.54, 1.807) is 22.9 Å². The Labute approximate surface area is 151 Å². The van der Waals surface area contributed by atoms with E-state index in [1.807, 2.05) is 49.4 Å². The third kappa shape index (κ3) is 3.72. The lowest BCUT2D eigenvalue weighted by atomic mass is 10.1. The highest BCUT2D eigenvalue weighted by atomic mass is 16.4. The number of carbonyl (C=O) groups is 1. The molecule has 0 spiro atoms. The fraction of sp³-hybridized carbons (Fsp3) is 0.105. The maximum absolute atomic E-state index is 12.4. The predicted molar refractivity (Wildman–Crippen MR) is 100 cm³/mol. The minimum absolute atomic E-state index is 0.120. The van der Waals surface area contributed by atoms with Crippen LogP contribution in [-0.2, 0) is 0 Å². The lowest BCUT2D eigenvalue weighted by molar-refractivity contribution is 0.0976. The molecule has 3 rings (SSSR count). The highest BCUT2D eigenvalue weighted by Crippen LogP contribution is 2.24. The number of anilines is 2. The molecule has 0 saturated heterocycles. The SMILES string of the molecule is C/C(=N/O)NC(=O)c1ccccc1Nc1cc(C)nn1-c1ccccc1. The Balaban J connectivity index is 1.95. The van der Waals surface area contributed by atoms with Crippen molar-refractivity contribution in [2.24, 2.45) is 5.16 Å². The van der Waals surface area contributed by atoms with Crippen molar-refractivity contribution in [1.29, 1.82) is 0 Å². The summed E-state index contributed by atoms with van der Waals surface area (Å²) >= 11 is 0. The van der Waals surface area contributed by atoms with Crippen LogP contribution in [0.1, 0.15) is 23.0 Å². The number of hydrogen-bond acceptors (Lipinski definition) is 5. The number of nitrogens with zero attached hydrogens (tertiary/aromatic N) is 3. The average Bonchev–Trinajstić information content (AvgIpc) is 3.03. The lowest BCUT2D eigenvalue weighted by Crippen LogP contribution is -2.28. The number of oxime groups is 1. The molecule has 0 aliphatic carbocycles. The Morgan fingerprint density at radius 3 is 2.54 bits per heavy atom. The van der Waals surface area contributed by atoms with Gasteiger partial charge in [-0.2, -0.15) is 5.10 Å². The number of hydrogen-bond donors (Lipinski definition) is 3. The van der Waals surface area contributed by atoms with Gasteiger partial charge in [-0.3, -0.25) is 4.79 Å². The Hall–Kier alpha value is -3.61. The van der Waals surface area contributed by atoms with E-state index in [0.29, 0.717) is 11.3 Å². The van der Waals surface area contributed by atoms with E-state index in [1.165, 1.54) is 6.92 Å². The van der Waals surface area contributed by atoms with Crippen LogP contribution >= 0.6 is 0 Å². The van der Waals surface area contributed by atoms with Gasteiger partial charge in [0.15, 0.2) is 0 Å². The topological polar surface area (TPSA) is 91.5 Å². The molecule has 26 heavy (non-hydrogen) atoms. The van der Waals surface area contributed by atoms with Crippen LogP contribution in [-0.4, -0.2) is 26.7 Å². The Kier molecular flexibility index (Phi) is 4.98. The summed E-state index contributed by atoms with van der Waals surface area (Å²) in [4.78, 5) is 12.4. The minimum Gasteiger partial charge on any atom is -0.409 e. The van der Waals surface area contributed by atoms with E-state index in [4.69, 9.17) is 5.21 Å². The molecular weight excluding hydrogens is 330 g/mol. The van der Waals surface area contributed by atoms with Crippen LogP contribution in [0.5, 0.6) is 0 Å². The summed E-state index contributed by atoms with van der Waals surface area (Å²) in [6, 6.07) is 18.7. The molecule has 0 aliphatic heterocycles. The first-order valence-corrected chi connectivity index (χ1v) is 8.06. The van der Waals surface area contributed by atoms with Crippen molar-refractivity contribution in [3.05, 3.63) is 71.9 Å². The second-order valence-electron chi connectivity index (χ2n) is 5.73. The van der Waals surface area contributed by atoms with Crippen molar-refractivity contribution in [3.8, 4) is 5.69 Å². The zero-order chi connectivity index (χ0) is 18.5. The minimum atomic E-state index is -0.370. The maximum atomic E-state index is 12.4. The van der Waals surface area contributed by atoms with Crippen molar-refractivity contribution in [2.75, 3.05) is 5.32 Å². The molecule has 0 atom stereocenters.